The first-order valence-corrected chi connectivity index (χ1v) is 12.3. The Bertz CT molecular complexity index is 1410. The number of benzene rings is 3. The number of hydrogen-bond donors (Lipinski definition) is 3. The Morgan fingerprint density at radius 2 is 1.68 bits per heavy atom. The van der Waals surface area contributed by atoms with Crippen molar-refractivity contribution in [3.8, 4) is 11.3 Å². The number of sulfonamides is 1. The molecule has 4 rings (SSSR count). The van der Waals surface area contributed by atoms with Crippen molar-refractivity contribution < 1.29 is 13.2 Å². The average molecular weight is 475 g/mol. The molecule has 0 bridgehead atoms. The minimum Gasteiger partial charge on any atom is -0.342 e. The van der Waals surface area contributed by atoms with E-state index >= 15 is 0 Å². The van der Waals surface area contributed by atoms with Crippen LogP contribution in [0.5, 0.6) is 0 Å². The van der Waals surface area contributed by atoms with Gasteiger partial charge in [-0.05, 0) is 56.2 Å². The van der Waals surface area contributed by atoms with Gasteiger partial charge in [0.15, 0.2) is 0 Å². The average Bonchev–Trinajstić information content (AvgIpc) is 3.32. The number of H-pyrrole nitrogens is 1. The third kappa shape index (κ3) is 5.18. The number of carbonyl (C=O) groups excluding carboxylic acids is 1. The van der Waals surface area contributed by atoms with Gasteiger partial charge >= 0.3 is 0 Å². The number of aromatic amines is 1. The summed E-state index contributed by atoms with van der Waals surface area (Å²) >= 11 is 0. The third-order valence-corrected chi connectivity index (χ3v) is 6.88. The molecule has 0 aliphatic heterocycles. The van der Waals surface area contributed by atoms with E-state index in [1.807, 2.05) is 56.3 Å². The van der Waals surface area contributed by atoms with E-state index in [1.165, 1.54) is 12.1 Å². The van der Waals surface area contributed by atoms with E-state index in [0.29, 0.717) is 17.1 Å². The molecule has 7 nitrogen and oxygen atoms in total. The number of aryl methyl sites for hydroxylation is 2. The molecule has 0 saturated carbocycles. The molecule has 0 fully saturated rings. The monoisotopic (exact) mass is 474 g/mol. The van der Waals surface area contributed by atoms with Crippen LogP contribution in [0.4, 0.5) is 5.69 Å². The molecular formula is C26H26N4O3S. The third-order valence-electron chi connectivity index (χ3n) is 5.51. The number of imidazole rings is 1. The Balaban J connectivity index is 1.51. The highest BCUT2D eigenvalue weighted by atomic mass is 32.2. The zero-order chi connectivity index (χ0) is 24.3. The number of nitrogens with zero attached hydrogens (tertiary/aromatic N) is 1. The molecule has 1 amide bonds. The molecule has 0 aliphatic rings. The highest BCUT2D eigenvalue weighted by Crippen LogP contribution is 2.22. The lowest BCUT2D eigenvalue weighted by molar-refractivity contribution is 0.0937. The number of anilines is 1. The van der Waals surface area contributed by atoms with Crippen LogP contribution in [0.15, 0.2) is 83.9 Å². The summed E-state index contributed by atoms with van der Waals surface area (Å²) in [5, 5.41) is 2.90. The first kappa shape index (κ1) is 23.3. The van der Waals surface area contributed by atoms with Gasteiger partial charge in [0.05, 0.1) is 22.8 Å². The van der Waals surface area contributed by atoms with Gasteiger partial charge in [0, 0.05) is 11.3 Å². The van der Waals surface area contributed by atoms with E-state index in [0.717, 1.165) is 16.8 Å². The molecule has 0 spiro atoms. The second-order valence-electron chi connectivity index (χ2n) is 8.19. The summed E-state index contributed by atoms with van der Waals surface area (Å²) in [6.07, 6.45) is 1.72. The topological polar surface area (TPSA) is 104 Å². The van der Waals surface area contributed by atoms with Crippen LogP contribution in [0.1, 0.15) is 40.3 Å². The minimum absolute atomic E-state index is 0.0147. The van der Waals surface area contributed by atoms with Crippen LogP contribution in [0.2, 0.25) is 0 Å². The fraction of sp³-hybridized carbons (Fsp3) is 0.154. The summed E-state index contributed by atoms with van der Waals surface area (Å²) in [6, 6.07) is 20.9. The first-order valence-electron chi connectivity index (χ1n) is 10.8. The van der Waals surface area contributed by atoms with Gasteiger partial charge < -0.3 is 10.3 Å². The zero-order valence-electron chi connectivity index (χ0n) is 19.2. The summed E-state index contributed by atoms with van der Waals surface area (Å²) in [5.74, 6) is 0.227. The molecule has 3 N–H and O–H groups in total. The molecule has 1 atom stereocenters. The summed E-state index contributed by atoms with van der Waals surface area (Å²) in [6.45, 7) is 5.51. The van der Waals surface area contributed by atoms with E-state index in [1.54, 1.807) is 31.3 Å². The summed E-state index contributed by atoms with van der Waals surface area (Å²) < 4.78 is 28.3. The Kier molecular flexibility index (Phi) is 6.51. The van der Waals surface area contributed by atoms with Crippen LogP contribution < -0.4 is 10.0 Å². The molecule has 8 heteroatoms. The molecule has 1 unspecified atom stereocenters. The van der Waals surface area contributed by atoms with E-state index in [9.17, 15) is 13.2 Å². The van der Waals surface area contributed by atoms with Crippen molar-refractivity contribution in [3.63, 3.8) is 0 Å². The molecule has 0 saturated heterocycles. The highest BCUT2D eigenvalue weighted by molar-refractivity contribution is 7.92. The second kappa shape index (κ2) is 9.52. The number of aromatic nitrogens is 2. The van der Waals surface area contributed by atoms with Crippen molar-refractivity contribution in [1.82, 2.24) is 15.3 Å². The van der Waals surface area contributed by atoms with Gasteiger partial charge in [-0.1, -0.05) is 54.1 Å². The van der Waals surface area contributed by atoms with Crippen LogP contribution in [0, 0.1) is 13.8 Å². The second-order valence-corrected chi connectivity index (χ2v) is 9.87. The van der Waals surface area contributed by atoms with E-state index in [-0.39, 0.29) is 16.4 Å². The van der Waals surface area contributed by atoms with Crippen LogP contribution >= 0.6 is 0 Å². The van der Waals surface area contributed by atoms with Gasteiger partial charge in [-0.15, -0.1) is 0 Å². The van der Waals surface area contributed by atoms with Crippen LogP contribution in [-0.4, -0.2) is 24.3 Å². The maximum absolute atomic E-state index is 13.0. The van der Waals surface area contributed by atoms with Gasteiger partial charge in [-0.3, -0.25) is 9.52 Å². The highest BCUT2D eigenvalue weighted by Gasteiger charge is 2.20. The first-order chi connectivity index (χ1) is 16.2. The summed E-state index contributed by atoms with van der Waals surface area (Å²) in [7, 11) is -3.86. The van der Waals surface area contributed by atoms with Gasteiger partial charge in [-0.25, -0.2) is 13.4 Å². The molecule has 0 aliphatic carbocycles. The number of rotatable bonds is 7. The Morgan fingerprint density at radius 3 is 2.38 bits per heavy atom. The largest absolute Gasteiger partial charge is 0.342 e. The Hall–Kier alpha value is -3.91. The van der Waals surface area contributed by atoms with E-state index in [2.05, 4.69) is 20.0 Å². The minimum atomic E-state index is -3.86. The summed E-state index contributed by atoms with van der Waals surface area (Å²) in [4.78, 5) is 20.7. The Morgan fingerprint density at radius 1 is 0.971 bits per heavy atom. The summed E-state index contributed by atoms with van der Waals surface area (Å²) in [5.41, 5.74) is 4.28. The smallest absolute Gasteiger partial charge is 0.261 e. The number of nitrogens with one attached hydrogen (secondary N) is 3. The molecular weight excluding hydrogens is 448 g/mol. The maximum atomic E-state index is 13.0. The lowest BCUT2D eigenvalue weighted by Gasteiger charge is -2.15. The molecule has 0 radical (unpaired) electrons. The van der Waals surface area contributed by atoms with Gasteiger partial charge in [0.1, 0.15) is 5.82 Å². The zero-order valence-corrected chi connectivity index (χ0v) is 20.0. The molecule has 1 heterocycles. The van der Waals surface area contributed by atoms with Crippen molar-refractivity contribution in [2.24, 2.45) is 0 Å². The van der Waals surface area contributed by atoms with Gasteiger partial charge in [0.2, 0.25) is 0 Å². The van der Waals surface area contributed by atoms with Crippen LogP contribution in [0.3, 0.4) is 0 Å². The normalized spacial score (nSPS) is 12.2. The number of carbonyl (C=O) groups is 1. The van der Waals surface area contributed by atoms with Crippen molar-refractivity contribution in [2.45, 2.75) is 31.7 Å². The molecule has 34 heavy (non-hydrogen) atoms. The van der Waals surface area contributed by atoms with Crippen molar-refractivity contribution in [1.29, 1.82) is 0 Å². The van der Waals surface area contributed by atoms with E-state index < -0.39 is 16.1 Å². The number of amides is 1. The lowest BCUT2D eigenvalue weighted by atomic mass is 10.1. The van der Waals surface area contributed by atoms with Crippen LogP contribution in [-0.2, 0) is 10.0 Å². The predicted octanol–water partition coefficient (Wildman–Crippen LogP) is 4.99. The molecule has 174 valence electrons. The van der Waals surface area contributed by atoms with Gasteiger partial charge in [0.25, 0.3) is 15.9 Å². The fourth-order valence-electron chi connectivity index (χ4n) is 3.51. The quantitative estimate of drug-likeness (QED) is 0.351. The molecule has 4 aromatic rings. The maximum Gasteiger partial charge on any atom is 0.261 e. The fourth-order valence-corrected chi connectivity index (χ4v) is 4.60. The van der Waals surface area contributed by atoms with Crippen LogP contribution in [0.25, 0.3) is 11.3 Å². The van der Waals surface area contributed by atoms with Crippen molar-refractivity contribution >= 4 is 21.6 Å². The molecule has 1 aromatic heterocycles. The van der Waals surface area contributed by atoms with Crippen molar-refractivity contribution in [2.75, 3.05) is 4.72 Å². The predicted molar refractivity (Wildman–Crippen MR) is 133 cm³/mol. The number of hydrogen-bond acceptors (Lipinski definition) is 4. The Labute approximate surface area is 199 Å². The van der Waals surface area contributed by atoms with E-state index in [4.69, 9.17) is 0 Å². The SMILES string of the molecule is Cc1ccc(NS(=O)(=O)c2ccc(C)c(C(=O)NC(C)c3ncc(-c4ccccc4)[nH]3)c2)cc1. The molecule has 3 aromatic carbocycles. The van der Waals surface area contributed by atoms with Crippen molar-refractivity contribution in [3.05, 3.63) is 102 Å². The van der Waals surface area contributed by atoms with Gasteiger partial charge in [-0.2, -0.15) is 0 Å². The standard InChI is InChI=1S/C26H26N4O3S/c1-17-9-12-21(13-10-17)30-34(32,33)22-14-11-18(2)23(15-22)26(31)28-19(3)25-27-16-24(29-25)20-7-5-4-6-8-20/h4-16,19,30H,1-3H3,(H,27,29)(H,28,31). The lowest BCUT2D eigenvalue weighted by Crippen LogP contribution is -2.28.